The van der Waals surface area contributed by atoms with Crippen molar-refractivity contribution in [3.63, 3.8) is 0 Å². The number of nitrogens with two attached hydrogens (primary N) is 2. The van der Waals surface area contributed by atoms with E-state index < -0.39 is 0 Å². The van der Waals surface area contributed by atoms with Crippen molar-refractivity contribution in [3.8, 4) is 11.4 Å². The van der Waals surface area contributed by atoms with Gasteiger partial charge in [0.05, 0.1) is 22.2 Å². The monoisotopic (exact) mass is 291 g/mol. The molecular weight excluding hydrogens is 278 g/mol. The van der Waals surface area contributed by atoms with Crippen LogP contribution in [-0.2, 0) is 0 Å². The molecule has 108 valence electrons. The lowest BCUT2D eigenvalue weighted by molar-refractivity contribution is 1.25. The summed E-state index contributed by atoms with van der Waals surface area (Å²) in [4.78, 5) is 22.8. The van der Waals surface area contributed by atoms with Crippen molar-refractivity contribution >= 4 is 33.3 Å². The molecular formula is C16H13N5O. The third-order valence-electron chi connectivity index (χ3n) is 3.70. The molecule has 22 heavy (non-hydrogen) atoms. The number of imidazole rings is 1. The van der Waals surface area contributed by atoms with Crippen molar-refractivity contribution in [2.75, 3.05) is 11.5 Å². The van der Waals surface area contributed by atoms with Gasteiger partial charge in [-0.3, -0.25) is 4.79 Å². The van der Waals surface area contributed by atoms with Gasteiger partial charge in [0.2, 0.25) is 0 Å². The topological polar surface area (TPSA) is 114 Å². The third kappa shape index (κ3) is 1.74. The molecule has 0 aliphatic rings. The molecule has 0 radical (unpaired) electrons. The maximum Gasteiger partial charge on any atom is 0.261 e. The van der Waals surface area contributed by atoms with Crippen LogP contribution in [0.3, 0.4) is 0 Å². The lowest BCUT2D eigenvalue weighted by Gasteiger charge is -2.06. The SMILES string of the molecule is Nc1ccc2nc(-c3c(N)c4ccccc4[nH]c3=O)[nH]c2c1. The van der Waals surface area contributed by atoms with Gasteiger partial charge in [0, 0.05) is 11.1 Å². The van der Waals surface area contributed by atoms with Gasteiger partial charge < -0.3 is 21.4 Å². The van der Waals surface area contributed by atoms with Gasteiger partial charge in [-0.1, -0.05) is 18.2 Å². The predicted octanol–water partition coefficient (Wildman–Crippen LogP) is 2.24. The molecule has 0 fully saturated rings. The second kappa shape index (κ2) is 4.36. The van der Waals surface area contributed by atoms with Crippen LogP contribution in [0, 0.1) is 0 Å². The largest absolute Gasteiger partial charge is 0.399 e. The molecule has 4 rings (SSSR count). The number of H-pyrrole nitrogens is 2. The fraction of sp³-hybridized carbons (Fsp3) is 0. The molecule has 0 unspecified atom stereocenters. The summed E-state index contributed by atoms with van der Waals surface area (Å²) in [6.45, 7) is 0. The molecule has 0 aliphatic heterocycles. The Labute approximate surface area is 124 Å². The van der Waals surface area contributed by atoms with Crippen molar-refractivity contribution in [1.82, 2.24) is 15.0 Å². The lowest BCUT2D eigenvalue weighted by atomic mass is 10.1. The van der Waals surface area contributed by atoms with Gasteiger partial charge >= 0.3 is 0 Å². The van der Waals surface area contributed by atoms with E-state index in [4.69, 9.17) is 11.5 Å². The Balaban J connectivity index is 2.05. The molecule has 0 bridgehead atoms. The fourth-order valence-electron chi connectivity index (χ4n) is 2.65. The summed E-state index contributed by atoms with van der Waals surface area (Å²) >= 11 is 0. The van der Waals surface area contributed by atoms with Crippen molar-refractivity contribution in [2.24, 2.45) is 0 Å². The number of benzene rings is 2. The van der Waals surface area contributed by atoms with Crippen LogP contribution < -0.4 is 17.0 Å². The zero-order valence-electron chi connectivity index (χ0n) is 11.6. The summed E-state index contributed by atoms with van der Waals surface area (Å²) in [6.07, 6.45) is 0. The van der Waals surface area contributed by atoms with Crippen LogP contribution in [0.5, 0.6) is 0 Å². The van der Waals surface area contributed by atoms with E-state index in [2.05, 4.69) is 15.0 Å². The van der Waals surface area contributed by atoms with E-state index in [0.717, 1.165) is 16.4 Å². The predicted molar refractivity (Wildman–Crippen MR) is 88.5 cm³/mol. The van der Waals surface area contributed by atoms with E-state index in [1.165, 1.54) is 0 Å². The summed E-state index contributed by atoms with van der Waals surface area (Å²) in [7, 11) is 0. The smallest absolute Gasteiger partial charge is 0.261 e. The zero-order chi connectivity index (χ0) is 15.3. The Morgan fingerprint density at radius 2 is 1.77 bits per heavy atom. The van der Waals surface area contributed by atoms with Crippen molar-refractivity contribution in [3.05, 3.63) is 52.8 Å². The van der Waals surface area contributed by atoms with Gasteiger partial charge in [-0.2, -0.15) is 0 Å². The van der Waals surface area contributed by atoms with E-state index in [9.17, 15) is 4.79 Å². The van der Waals surface area contributed by atoms with E-state index in [1.54, 1.807) is 18.2 Å². The molecule has 0 spiro atoms. The highest BCUT2D eigenvalue weighted by Crippen LogP contribution is 2.28. The molecule has 2 aromatic carbocycles. The summed E-state index contributed by atoms with van der Waals surface area (Å²) in [5, 5.41) is 0.789. The maximum absolute atomic E-state index is 12.4. The van der Waals surface area contributed by atoms with Crippen LogP contribution in [0.4, 0.5) is 11.4 Å². The van der Waals surface area contributed by atoms with Crippen LogP contribution >= 0.6 is 0 Å². The van der Waals surface area contributed by atoms with Gasteiger partial charge in [0.25, 0.3) is 5.56 Å². The molecule has 0 amide bonds. The van der Waals surface area contributed by atoms with Crippen LogP contribution in [0.15, 0.2) is 47.3 Å². The van der Waals surface area contributed by atoms with Crippen molar-refractivity contribution < 1.29 is 0 Å². The first-order chi connectivity index (χ1) is 10.6. The highest BCUT2D eigenvalue weighted by Gasteiger charge is 2.15. The van der Waals surface area contributed by atoms with Gasteiger partial charge in [-0.25, -0.2) is 4.98 Å². The number of nitrogen functional groups attached to an aromatic ring is 2. The standard InChI is InChI=1S/C16H13N5O/c17-8-5-6-11-12(7-8)20-15(19-11)13-14(18)9-3-1-2-4-10(9)21-16(13)22/h1-7H,17H2,(H,19,20)(H3,18,21,22). The quantitative estimate of drug-likeness (QED) is 0.403. The van der Waals surface area contributed by atoms with Gasteiger partial charge in [-0.15, -0.1) is 0 Å². The van der Waals surface area contributed by atoms with Crippen molar-refractivity contribution in [2.45, 2.75) is 0 Å². The first kappa shape index (κ1) is 12.5. The number of para-hydroxylation sites is 1. The number of anilines is 2. The minimum absolute atomic E-state index is 0.275. The Morgan fingerprint density at radius 1 is 0.955 bits per heavy atom. The van der Waals surface area contributed by atoms with Crippen LogP contribution in [0.25, 0.3) is 33.3 Å². The summed E-state index contributed by atoms with van der Waals surface area (Å²) in [6, 6.07) is 12.7. The van der Waals surface area contributed by atoms with Crippen LogP contribution in [-0.4, -0.2) is 15.0 Å². The van der Waals surface area contributed by atoms with Crippen LogP contribution in [0.2, 0.25) is 0 Å². The molecule has 2 heterocycles. The van der Waals surface area contributed by atoms with E-state index in [-0.39, 0.29) is 5.56 Å². The van der Waals surface area contributed by atoms with E-state index in [0.29, 0.717) is 28.3 Å². The normalized spacial score (nSPS) is 11.3. The molecule has 6 N–H and O–H groups in total. The molecule has 0 saturated heterocycles. The Bertz CT molecular complexity index is 1080. The number of fused-ring (bicyclic) bond motifs is 2. The average molecular weight is 291 g/mol. The average Bonchev–Trinajstić information content (AvgIpc) is 2.89. The molecule has 6 nitrogen and oxygen atoms in total. The Hall–Kier alpha value is -3.28. The molecule has 2 aromatic heterocycles. The number of hydrogen-bond acceptors (Lipinski definition) is 4. The van der Waals surface area contributed by atoms with Gasteiger partial charge in [0.1, 0.15) is 11.4 Å². The Morgan fingerprint density at radius 3 is 2.64 bits per heavy atom. The number of aromatic nitrogens is 3. The summed E-state index contributed by atoms with van der Waals surface area (Å²) in [5.74, 6) is 0.435. The fourth-order valence-corrected chi connectivity index (χ4v) is 2.65. The minimum Gasteiger partial charge on any atom is -0.399 e. The van der Waals surface area contributed by atoms with E-state index >= 15 is 0 Å². The first-order valence-corrected chi connectivity index (χ1v) is 6.79. The van der Waals surface area contributed by atoms with Gasteiger partial charge in [0.15, 0.2) is 0 Å². The van der Waals surface area contributed by atoms with Crippen LogP contribution in [0.1, 0.15) is 0 Å². The number of nitrogens with one attached hydrogen (secondary N) is 2. The van der Waals surface area contributed by atoms with E-state index in [1.807, 2.05) is 24.3 Å². The zero-order valence-corrected chi connectivity index (χ0v) is 11.6. The number of pyridine rings is 1. The number of aromatic amines is 2. The maximum atomic E-state index is 12.4. The third-order valence-corrected chi connectivity index (χ3v) is 3.70. The highest BCUT2D eigenvalue weighted by atomic mass is 16.1. The number of hydrogen-bond donors (Lipinski definition) is 4. The van der Waals surface area contributed by atoms with Crippen molar-refractivity contribution in [1.29, 1.82) is 0 Å². The number of nitrogens with zero attached hydrogens (tertiary/aromatic N) is 1. The summed E-state index contributed by atoms with van der Waals surface area (Å²) in [5.41, 5.74) is 15.3. The lowest BCUT2D eigenvalue weighted by Crippen LogP contribution is -2.13. The molecule has 0 atom stereocenters. The molecule has 4 aromatic rings. The second-order valence-electron chi connectivity index (χ2n) is 5.15. The first-order valence-electron chi connectivity index (χ1n) is 6.79. The molecule has 0 aliphatic carbocycles. The van der Waals surface area contributed by atoms with Gasteiger partial charge in [-0.05, 0) is 24.3 Å². The number of rotatable bonds is 1. The summed E-state index contributed by atoms with van der Waals surface area (Å²) < 4.78 is 0. The minimum atomic E-state index is -0.275. The molecule has 6 heteroatoms. The highest BCUT2D eigenvalue weighted by molar-refractivity contribution is 5.97. The Kier molecular flexibility index (Phi) is 2.47. The second-order valence-corrected chi connectivity index (χ2v) is 5.15. The molecule has 0 saturated carbocycles.